The van der Waals surface area contributed by atoms with E-state index in [0.717, 1.165) is 52.8 Å². The zero-order chi connectivity index (χ0) is 22.3. The van der Waals surface area contributed by atoms with Gasteiger partial charge >= 0.3 is 0 Å². The van der Waals surface area contributed by atoms with Crippen molar-refractivity contribution in [3.63, 3.8) is 0 Å². The largest absolute Gasteiger partial charge is 0.356 e. The number of hydrogen-bond donors (Lipinski definition) is 1. The van der Waals surface area contributed by atoms with E-state index in [9.17, 15) is 9.18 Å². The normalized spacial score (nSPS) is 14.1. The van der Waals surface area contributed by atoms with Gasteiger partial charge in [-0.15, -0.1) is 0 Å². The molecule has 0 saturated carbocycles. The standard InChI is InChI=1S/C23H29FN6OS/c1-2-14-32-23-27-21(29-11-4-3-5-12-29)19-16-26-30(22(19)28-23)13-10-25-20(31)15-17-6-8-18(24)9-7-17/h6-9,16H,2-5,10-15H2,1H3,(H,25,31). The number of anilines is 1. The van der Waals surface area contributed by atoms with Gasteiger partial charge in [-0.2, -0.15) is 5.10 Å². The third-order valence-electron chi connectivity index (χ3n) is 5.47. The molecule has 4 rings (SSSR count). The molecule has 1 aromatic carbocycles. The molecule has 1 amide bonds. The fourth-order valence-corrected chi connectivity index (χ4v) is 4.53. The molecule has 32 heavy (non-hydrogen) atoms. The summed E-state index contributed by atoms with van der Waals surface area (Å²) in [5.41, 5.74) is 1.59. The molecule has 1 N–H and O–H groups in total. The molecule has 3 aromatic rings. The summed E-state index contributed by atoms with van der Waals surface area (Å²) < 4.78 is 14.9. The lowest BCUT2D eigenvalue weighted by atomic mass is 10.1. The number of nitrogens with one attached hydrogen (secondary N) is 1. The molecule has 0 radical (unpaired) electrons. The van der Waals surface area contributed by atoms with Crippen molar-refractivity contribution in [3.05, 3.63) is 41.8 Å². The highest BCUT2D eigenvalue weighted by Crippen LogP contribution is 2.29. The second kappa shape index (κ2) is 10.8. The van der Waals surface area contributed by atoms with Gasteiger partial charge in [0.2, 0.25) is 5.91 Å². The number of nitrogens with zero attached hydrogens (tertiary/aromatic N) is 5. The van der Waals surface area contributed by atoms with E-state index in [1.54, 1.807) is 23.9 Å². The average Bonchev–Trinajstić information content (AvgIpc) is 3.22. The number of carbonyl (C=O) groups is 1. The van der Waals surface area contributed by atoms with Crippen molar-refractivity contribution < 1.29 is 9.18 Å². The SMILES string of the molecule is CCCSc1nc(N2CCCCC2)c2cnn(CCNC(=O)Cc3ccc(F)cc3)c2n1. The van der Waals surface area contributed by atoms with Crippen molar-refractivity contribution in [2.45, 2.75) is 50.7 Å². The Morgan fingerprint density at radius 1 is 1.16 bits per heavy atom. The maximum atomic E-state index is 13.0. The number of carbonyl (C=O) groups excluding carboxylic acids is 1. The first-order valence-corrected chi connectivity index (χ1v) is 12.2. The van der Waals surface area contributed by atoms with Crippen LogP contribution in [0.3, 0.4) is 0 Å². The number of fused-ring (bicyclic) bond motifs is 1. The van der Waals surface area contributed by atoms with Crippen LogP contribution in [-0.4, -0.2) is 51.0 Å². The van der Waals surface area contributed by atoms with E-state index in [1.165, 1.54) is 31.4 Å². The van der Waals surface area contributed by atoms with Crippen LogP contribution in [-0.2, 0) is 17.8 Å². The molecule has 2 aromatic heterocycles. The predicted molar refractivity (Wildman–Crippen MR) is 126 cm³/mol. The fourth-order valence-electron chi connectivity index (χ4n) is 3.84. The highest BCUT2D eigenvalue weighted by molar-refractivity contribution is 7.99. The molecule has 1 aliphatic rings. The third kappa shape index (κ3) is 5.56. The Bertz CT molecular complexity index is 1050. The minimum Gasteiger partial charge on any atom is -0.356 e. The molecule has 0 aliphatic carbocycles. The second-order valence-electron chi connectivity index (χ2n) is 7.98. The zero-order valence-corrected chi connectivity index (χ0v) is 19.2. The summed E-state index contributed by atoms with van der Waals surface area (Å²) in [7, 11) is 0. The predicted octanol–water partition coefficient (Wildman–Crippen LogP) is 3.82. The molecule has 1 fully saturated rings. The van der Waals surface area contributed by atoms with E-state index in [-0.39, 0.29) is 18.1 Å². The Labute approximate surface area is 191 Å². The molecule has 9 heteroatoms. The van der Waals surface area contributed by atoms with E-state index in [2.05, 4.69) is 22.2 Å². The van der Waals surface area contributed by atoms with Crippen LogP contribution in [0.5, 0.6) is 0 Å². The van der Waals surface area contributed by atoms with Gasteiger partial charge in [-0.3, -0.25) is 4.79 Å². The van der Waals surface area contributed by atoms with Crippen LogP contribution >= 0.6 is 11.8 Å². The van der Waals surface area contributed by atoms with E-state index in [0.29, 0.717) is 13.1 Å². The van der Waals surface area contributed by atoms with Crippen molar-refractivity contribution in [2.24, 2.45) is 0 Å². The van der Waals surface area contributed by atoms with Crippen molar-refractivity contribution in [3.8, 4) is 0 Å². The first-order valence-electron chi connectivity index (χ1n) is 11.3. The number of aromatic nitrogens is 4. The summed E-state index contributed by atoms with van der Waals surface area (Å²) in [4.78, 5) is 24.2. The van der Waals surface area contributed by atoms with Gasteiger partial charge in [0.15, 0.2) is 10.8 Å². The van der Waals surface area contributed by atoms with Gasteiger partial charge in [-0.25, -0.2) is 19.0 Å². The molecule has 3 heterocycles. The van der Waals surface area contributed by atoms with Crippen LogP contribution in [0.2, 0.25) is 0 Å². The molecule has 0 atom stereocenters. The van der Waals surface area contributed by atoms with Gasteiger partial charge in [0.25, 0.3) is 0 Å². The number of hydrogen-bond acceptors (Lipinski definition) is 6. The van der Waals surface area contributed by atoms with Gasteiger partial charge in [0.1, 0.15) is 11.6 Å². The summed E-state index contributed by atoms with van der Waals surface area (Å²) in [6.45, 7) is 5.13. The molecule has 0 bridgehead atoms. The Balaban J connectivity index is 1.46. The summed E-state index contributed by atoms with van der Waals surface area (Å²) in [5.74, 6) is 1.54. The number of halogens is 1. The first-order chi connectivity index (χ1) is 15.6. The highest BCUT2D eigenvalue weighted by Gasteiger charge is 2.20. The second-order valence-corrected chi connectivity index (χ2v) is 9.05. The lowest BCUT2D eigenvalue weighted by Gasteiger charge is -2.28. The topological polar surface area (TPSA) is 75.9 Å². The van der Waals surface area contributed by atoms with Crippen LogP contribution in [0.1, 0.15) is 38.2 Å². The average molecular weight is 457 g/mol. The van der Waals surface area contributed by atoms with Gasteiger partial charge in [0.05, 0.1) is 24.5 Å². The van der Waals surface area contributed by atoms with E-state index < -0.39 is 0 Å². The summed E-state index contributed by atoms with van der Waals surface area (Å²) in [6, 6.07) is 5.99. The van der Waals surface area contributed by atoms with Crippen molar-refractivity contribution in [1.29, 1.82) is 0 Å². The molecule has 170 valence electrons. The zero-order valence-electron chi connectivity index (χ0n) is 18.4. The van der Waals surface area contributed by atoms with E-state index >= 15 is 0 Å². The maximum Gasteiger partial charge on any atom is 0.224 e. The summed E-state index contributed by atoms with van der Waals surface area (Å²) >= 11 is 1.67. The van der Waals surface area contributed by atoms with Crippen LogP contribution in [0.25, 0.3) is 11.0 Å². The van der Waals surface area contributed by atoms with E-state index in [4.69, 9.17) is 9.97 Å². The van der Waals surface area contributed by atoms with Crippen molar-refractivity contribution in [2.75, 3.05) is 30.3 Å². The van der Waals surface area contributed by atoms with Gasteiger partial charge in [0, 0.05) is 25.4 Å². The Morgan fingerprint density at radius 3 is 2.69 bits per heavy atom. The van der Waals surface area contributed by atoms with Crippen LogP contribution in [0.15, 0.2) is 35.6 Å². The van der Waals surface area contributed by atoms with Crippen LogP contribution in [0, 0.1) is 5.82 Å². The number of amides is 1. The van der Waals surface area contributed by atoms with Gasteiger partial charge in [-0.05, 0) is 43.4 Å². The van der Waals surface area contributed by atoms with E-state index in [1.807, 2.05) is 10.9 Å². The quantitative estimate of drug-likeness (QED) is 0.390. The summed E-state index contributed by atoms with van der Waals surface area (Å²) in [5, 5.41) is 9.21. The van der Waals surface area contributed by atoms with Gasteiger partial charge < -0.3 is 10.2 Å². The first kappa shape index (κ1) is 22.5. The monoisotopic (exact) mass is 456 g/mol. The molecular weight excluding hydrogens is 427 g/mol. The lowest BCUT2D eigenvalue weighted by molar-refractivity contribution is -0.120. The Kier molecular flexibility index (Phi) is 7.57. The minimum atomic E-state index is -0.304. The molecular formula is C23H29FN6OS. The molecule has 0 unspecified atom stereocenters. The minimum absolute atomic E-state index is 0.101. The molecule has 1 aliphatic heterocycles. The maximum absolute atomic E-state index is 13.0. The number of rotatable bonds is 9. The van der Waals surface area contributed by atoms with Crippen molar-refractivity contribution >= 4 is 34.5 Å². The smallest absolute Gasteiger partial charge is 0.224 e. The number of piperidine rings is 1. The highest BCUT2D eigenvalue weighted by atomic mass is 32.2. The lowest BCUT2D eigenvalue weighted by Crippen LogP contribution is -2.30. The number of benzene rings is 1. The van der Waals surface area contributed by atoms with Crippen LogP contribution in [0.4, 0.5) is 10.2 Å². The Morgan fingerprint density at radius 2 is 1.94 bits per heavy atom. The fraction of sp³-hybridized carbons (Fsp3) is 0.478. The molecule has 7 nitrogen and oxygen atoms in total. The van der Waals surface area contributed by atoms with Gasteiger partial charge in [-0.1, -0.05) is 30.8 Å². The molecule has 1 saturated heterocycles. The van der Waals surface area contributed by atoms with Crippen LogP contribution < -0.4 is 10.2 Å². The number of thioether (sulfide) groups is 1. The molecule has 0 spiro atoms. The Hall–Kier alpha value is -2.68. The third-order valence-corrected chi connectivity index (χ3v) is 6.52. The summed E-state index contributed by atoms with van der Waals surface area (Å²) in [6.07, 6.45) is 6.74. The van der Waals surface area contributed by atoms with Crippen molar-refractivity contribution in [1.82, 2.24) is 25.1 Å².